The van der Waals surface area contributed by atoms with Gasteiger partial charge in [-0.3, -0.25) is 25.8 Å². The molecule has 0 aliphatic heterocycles. The molecule has 0 spiro atoms. The molecule has 2 amide bonds. The fraction of sp³-hybridized carbons (Fsp3) is 0.190. The summed E-state index contributed by atoms with van der Waals surface area (Å²) in [6.45, 7) is 4.09. The molecule has 0 aliphatic rings. The summed E-state index contributed by atoms with van der Waals surface area (Å²) in [4.78, 5) is 23.8. The molecule has 9 heteroatoms. The van der Waals surface area contributed by atoms with Gasteiger partial charge in [0.2, 0.25) is 5.91 Å². The number of thiocarbonyl (C=S) groups is 1. The molecule has 2 aromatic carbocycles. The van der Waals surface area contributed by atoms with Crippen LogP contribution >= 0.6 is 23.8 Å². The Morgan fingerprint density at radius 2 is 1.83 bits per heavy atom. The van der Waals surface area contributed by atoms with Gasteiger partial charge in [0.25, 0.3) is 5.91 Å². The van der Waals surface area contributed by atoms with Gasteiger partial charge in [0, 0.05) is 11.1 Å². The van der Waals surface area contributed by atoms with Crippen molar-refractivity contribution in [3.63, 3.8) is 0 Å². The summed E-state index contributed by atoms with van der Waals surface area (Å²) in [5.41, 5.74) is 6.43. The first-order valence-corrected chi connectivity index (χ1v) is 9.85. The minimum atomic E-state index is -0.467. The number of halogens is 1. The fourth-order valence-electron chi connectivity index (χ4n) is 2.28. The first kappa shape index (κ1) is 23.2. The second kappa shape index (κ2) is 11.8. The van der Waals surface area contributed by atoms with E-state index in [1.54, 1.807) is 24.3 Å². The van der Waals surface area contributed by atoms with Crippen molar-refractivity contribution < 1.29 is 19.1 Å². The maximum Gasteiger partial charge on any atom is 0.276 e. The third-order valence-corrected chi connectivity index (χ3v) is 4.11. The normalized spacial score (nSPS) is 10.4. The number of nitrogens with one attached hydrogen (secondary N) is 3. The van der Waals surface area contributed by atoms with Gasteiger partial charge >= 0.3 is 0 Å². The highest BCUT2D eigenvalue weighted by atomic mass is 35.5. The SMILES string of the molecule is CCOc1ccc(/C=C/C(=O)NC(=S)NNC(=O)COc2ccc(Cl)cc2C)cc1. The van der Waals surface area contributed by atoms with Crippen LogP contribution in [0.15, 0.2) is 48.5 Å². The van der Waals surface area contributed by atoms with Gasteiger partial charge in [0.05, 0.1) is 6.61 Å². The van der Waals surface area contributed by atoms with E-state index >= 15 is 0 Å². The minimum Gasteiger partial charge on any atom is -0.494 e. The van der Waals surface area contributed by atoms with Gasteiger partial charge in [0.1, 0.15) is 11.5 Å². The average molecular weight is 448 g/mol. The second-order valence-electron chi connectivity index (χ2n) is 6.03. The van der Waals surface area contributed by atoms with Crippen LogP contribution in [-0.4, -0.2) is 30.1 Å². The van der Waals surface area contributed by atoms with Crippen LogP contribution in [0.3, 0.4) is 0 Å². The van der Waals surface area contributed by atoms with Crippen LogP contribution < -0.4 is 25.6 Å². The zero-order valence-corrected chi connectivity index (χ0v) is 18.1. The van der Waals surface area contributed by atoms with Crippen LogP contribution in [0.5, 0.6) is 11.5 Å². The van der Waals surface area contributed by atoms with Crippen molar-refractivity contribution in [2.45, 2.75) is 13.8 Å². The van der Waals surface area contributed by atoms with E-state index in [0.717, 1.165) is 16.9 Å². The molecule has 3 N–H and O–H groups in total. The number of hydrogen-bond acceptors (Lipinski definition) is 5. The predicted molar refractivity (Wildman–Crippen MR) is 120 cm³/mol. The topological polar surface area (TPSA) is 88.7 Å². The van der Waals surface area contributed by atoms with Crippen LogP contribution in [0.1, 0.15) is 18.1 Å². The molecule has 2 rings (SSSR count). The monoisotopic (exact) mass is 447 g/mol. The van der Waals surface area contributed by atoms with Crippen LogP contribution in [0.25, 0.3) is 6.08 Å². The van der Waals surface area contributed by atoms with Crippen molar-refractivity contribution >= 4 is 46.8 Å². The lowest BCUT2D eigenvalue weighted by Gasteiger charge is -2.11. The smallest absolute Gasteiger partial charge is 0.276 e. The fourth-order valence-corrected chi connectivity index (χ4v) is 2.66. The van der Waals surface area contributed by atoms with Crippen LogP contribution in [0.2, 0.25) is 5.02 Å². The summed E-state index contributed by atoms with van der Waals surface area (Å²) < 4.78 is 10.8. The Balaban J connectivity index is 1.71. The highest BCUT2D eigenvalue weighted by Gasteiger charge is 2.07. The molecule has 0 bridgehead atoms. The van der Waals surface area contributed by atoms with Crippen molar-refractivity contribution in [3.8, 4) is 11.5 Å². The highest BCUT2D eigenvalue weighted by Crippen LogP contribution is 2.21. The van der Waals surface area contributed by atoms with Gasteiger partial charge in [-0.05, 0) is 73.6 Å². The predicted octanol–water partition coefficient (Wildman–Crippen LogP) is 3.16. The maximum absolute atomic E-state index is 11.9. The van der Waals surface area contributed by atoms with E-state index in [1.807, 2.05) is 38.1 Å². The molecule has 0 radical (unpaired) electrons. The standard InChI is InChI=1S/C21H22ClN3O4S/c1-3-28-17-8-4-15(5-9-17)6-11-19(26)23-21(30)25-24-20(27)13-29-18-10-7-16(22)12-14(18)2/h4-12H,3,13H2,1-2H3,(H,24,27)(H2,23,25,26,30)/b11-6+. The number of carbonyl (C=O) groups excluding carboxylic acids is 2. The Labute approximate surface area is 185 Å². The van der Waals surface area contributed by atoms with E-state index in [4.69, 9.17) is 33.3 Å². The quantitative estimate of drug-likeness (QED) is 0.343. The van der Waals surface area contributed by atoms with Crippen molar-refractivity contribution in [2.75, 3.05) is 13.2 Å². The Morgan fingerprint density at radius 1 is 1.10 bits per heavy atom. The summed E-state index contributed by atoms with van der Waals surface area (Å²) in [6, 6.07) is 12.4. The van der Waals surface area contributed by atoms with Crippen LogP contribution in [0, 0.1) is 6.92 Å². The summed E-state index contributed by atoms with van der Waals surface area (Å²) in [7, 11) is 0. The number of aryl methyl sites for hydroxylation is 1. The zero-order valence-electron chi connectivity index (χ0n) is 16.5. The Bertz CT molecular complexity index is 932. The number of rotatable bonds is 7. The lowest BCUT2D eigenvalue weighted by atomic mass is 10.2. The van der Waals surface area contributed by atoms with Crippen LogP contribution in [-0.2, 0) is 9.59 Å². The third kappa shape index (κ3) is 8.10. The van der Waals surface area contributed by atoms with E-state index in [1.165, 1.54) is 6.08 Å². The molecule has 0 unspecified atom stereocenters. The number of hydrazine groups is 1. The van der Waals surface area contributed by atoms with E-state index in [9.17, 15) is 9.59 Å². The third-order valence-electron chi connectivity index (χ3n) is 3.67. The van der Waals surface area contributed by atoms with E-state index in [-0.39, 0.29) is 11.7 Å². The molecule has 2 aromatic rings. The molecule has 0 fully saturated rings. The average Bonchev–Trinajstić information content (AvgIpc) is 2.71. The summed E-state index contributed by atoms with van der Waals surface area (Å²) in [5, 5.41) is 2.96. The molecule has 30 heavy (non-hydrogen) atoms. The molecule has 7 nitrogen and oxygen atoms in total. The summed E-state index contributed by atoms with van der Waals surface area (Å²) in [5.74, 6) is 0.398. The number of benzene rings is 2. The lowest BCUT2D eigenvalue weighted by molar-refractivity contribution is -0.123. The molecule has 0 saturated carbocycles. The van der Waals surface area contributed by atoms with Crippen molar-refractivity contribution in [1.29, 1.82) is 0 Å². The number of hydrogen-bond donors (Lipinski definition) is 3. The first-order valence-electron chi connectivity index (χ1n) is 9.07. The van der Waals surface area contributed by atoms with Gasteiger partial charge < -0.3 is 9.47 Å². The Morgan fingerprint density at radius 3 is 2.50 bits per heavy atom. The molecular weight excluding hydrogens is 426 g/mol. The lowest BCUT2D eigenvalue weighted by Crippen LogP contribution is -2.49. The van der Waals surface area contributed by atoms with E-state index in [2.05, 4.69) is 16.2 Å². The number of ether oxygens (including phenoxy) is 2. The Hall–Kier alpha value is -3.10. The molecule has 0 heterocycles. The van der Waals surface area contributed by atoms with Crippen molar-refractivity contribution in [1.82, 2.24) is 16.2 Å². The van der Waals surface area contributed by atoms with Gasteiger partial charge in [-0.15, -0.1) is 0 Å². The minimum absolute atomic E-state index is 0.0487. The number of amides is 2. The van der Waals surface area contributed by atoms with Crippen molar-refractivity contribution in [2.24, 2.45) is 0 Å². The first-order chi connectivity index (χ1) is 14.4. The largest absolute Gasteiger partial charge is 0.494 e. The van der Waals surface area contributed by atoms with Crippen LogP contribution in [0.4, 0.5) is 0 Å². The van der Waals surface area contributed by atoms with Gasteiger partial charge in [-0.2, -0.15) is 0 Å². The zero-order chi connectivity index (χ0) is 21.9. The Kier molecular flexibility index (Phi) is 9.11. The van der Waals surface area contributed by atoms with Gasteiger partial charge in [-0.1, -0.05) is 23.7 Å². The van der Waals surface area contributed by atoms with Crippen molar-refractivity contribution in [3.05, 3.63) is 64.7 Å². The van der Waals surface area contributed by atoms with Gasteiger partial charge in [-0.25, -0.2) is 0 Å². The second-order valence-corrected chi connectivity index (χ2v) is 6.87. The molecular formula is C21H22ClN3O4S. The molecule has 0 saturated heterocycles. The molecule has 158 valence electrons. The van der Waals surface area contributed by atoms with E-state index in [0.29, 0.717) is 17.4 Å². The molecule has 0 aromatic heterocycles. The summed E-state index contributed by atoms with van der Waals surface area (Å²) >= 11 is 10.9. The number of carbonyl (C=O) groups is 2. The van der Waals surface area contributed by atoms with E-state index < -0.39 is 11.8 Å². The highest BCUT2D eigenvalue weighted by molar-refractivity contribution is 7.80. The van der Waals surface area contributed by atoms with Gasteiger partial charge in [0.15, 0.2) is 11.7 Å². The maximum atomic E-state index is 11.9. The molecule has 0 aliphatic carbocycles. The summed E-state index contributed by atoms with van der Waals surface area (Å²) in [6.07, 6.45) is 2.96. The molecule has 0 atom stereocenters.